The maximum atomic E-state index is 12.1. The number of nitrogens with one attached hydrogen (secondary N) is 1. The van der Waals surface area contributed by atoms with E-state index >= 15 is 0 Å². The van der Waals surface area contributed by atoms with Crippen LogP contribution < -0.4 is 15.8 Å². The molecule has 5 heteroatoms. The van der Waals surface area contributed by atoms with Crippen LogP contribution in [0.5, 0.6) is 5.75 Å². The first-order chi connectivity index (χ1) is 8.46. The van der Waals surface area contributed by atoms with Crippen LogP contribution in [0.2, 0.25) is 0 Å². The maximum Gasteiger partial charge on any atom is 0.234 e. The van der Waals surface area contributed by atoms with Gasteiger partial charge in [0, 0.05) is 23.6 Å². The summed E-state index contributed by atoms with van der Waals surface area (Å²) in [6.07, 6.45) is 0. The van der Waals surface area contributed by atoms with Gasteiger partial charge in [-0.25, -0.2) is 0 Å². The topological polar surface area (TPSA) is 64.3 Å². The van der Waals surface area contributed by atoms with Crippen molar-refractivity contribution in [3.05, 3.63) is 22.8 Å². The molecule has 19 heavy (non-hydrogen) atoms. The quantitative estimate of drug-likeness (QED) is 0.829. The molecule has 104 valence electrons. The molecule has 3 rings (SSSR count). The van der Waals surface area contributed by atoms with Crippen molar-refractivity contribution in [1.29, 1.82) is 0 Å². The molecule has 0 aliphatic carbocycles. The zero-order valence-electron chi connectivity index (χ0n) is 11.4. The first-order valence-electron chi connectivity index (χ1n) is 6.29. The van der Waals surface area contributed by atoms with Crippen LogP contribution >= 0.6 is 12.4 Å². The molecule has 0 fully saturated rings. The summed E-state index contributed by atoms with van der Waals surface area (Å²) in [4.78, 5) is 12.1. The number of carbonyl (C=O) groups is 1. The lowest BCUT2D eigenvalue weighted by molar-refractivity contribution is -0.119. The first kappa shape index (κ1) is 14.2. The van der Waals surface area contributed by atoms with Crippen molar-refractivity contribution in [1.82, 2.24) is 0 Å². The third kappa shape index (κ3) is 1.74. The van der Waals surface area contributed by atoms with Crippen LogP contribution in [0.4, 0.5) is 5.69 Å². The highest BCUT2D eigenvalue weighted by Gasteiger charge is 2.44. The van der Waals surface area contributed by atoms with Crippen molar-refractivity contribution in [3.63, 3.8) is 0 Å². The van der Waals surface area contributed by atoms with E-state index in [1.165, 1.54) is 0 Å². The number of halogens is 1. The zero-order chi connectivity index (χ0) is 13.1. The fourth-order valence-corrected chi connectivity index (χ4v) is 2.89. The smallest absolute Gasteiger partial charge is 0.234 e. The van der Waals surface area contributed by atoms with Crippen LogP contribution in [0.15, 0.2) is 6.07 Å². The van der Waals surface area contributed by atoms with Crippen molar-refractivity contribution >= 4 is 24.0 Å². The molecule has 2 aliphatic heterocycles. The summed E-state index contributed by atoms with van der Waals surface area (Å²) < 4.78 is 5.81. The number of aryl methyl sites for hydroxylation is 1. The number of hydrogen-bond donors (Lipinski definition) is 2. The highest BCUT2D eigenvalue weighted by atomic mass is 35.5. The van der Waals surface area contributed by atoms with Gasteiger partial charge in [-0.1, -0.05) is 0 Å². The molecule has 0 saturated heterocycles. The van der Waals surface area contributed by atoms with Crippen LogP contribution in [0, 0.1) is 6.92 Å². The monoisotopic (exact) mass is 282 g/mol. The highest BCUT2D eigenvalue weighted by Crippen LogP contribution is 2.50. The van der Waals surface area contributed by atoms with Crippen molar-refractivity contribution in [2.45, 2.75) is 32.1 Å². The number of ether oxygens (including phenoxy) is 1. The van der Waals surface area contributed by atoms with Crippen molar-refractivity contribution in [2.75, 3.05) is 18.5 Å². The number of hydrogen-bond acceptors (Lipinski definition) is 3. The number of carbonyl (C=O) groups excluding carboxylic acids is 1. The van der Waals surface area contributed by atoms with E-state index in [4.69, 9.17) is 10.5 Å². The Labute approximate surface area is 119 Å². The predicted molar refractivity (Wildman–Crippen MR) is 77.4 cm³/mol. The van der Waals surface area contributed by atoms with Gasteiger partial charge in [-0.3, -0.25) is 4.79 Å². The molecular weight excluding hydrogens is 264 g/mol. The van der Waals surface area contributed by atoms with Crippen LogP contribution in [-0.2, 0) is 10.2 Å². The minimum Gasteiger partial charge on any atom is -0.492 e. The van der Waals surface area contributed by atoms with Crippen LogP contribution in [-0.4, -0.2) is 19.1 Å². The van der Waals surface area contributed by atoms with Gasteiger partial charge in [-0.15, -0.1) is 12.4 Å². The average molecular weight is 283 g/mol. The minimum atomic E-state index is -0.533. The SMILES string of the molecule is Cc1cc2c(c3c1NC(=O)C3(C)C)OCC2CN.Cl. The molecule has 1 unspecified atom stereocenters. The maximum absolute atomic E-state index is 12.1. The average Bonchev–Trinajstić information content (AvgIpc) is 2.80. The second-order valence-electron chi connectivity index (χ2n) is 5.68. The third-order valence-electron chi connectivity index (χ3n) is 4.09. The fraction of sp³-hybridized carbons (Fsp3) is 0.500. The van der Waals surface area contributed by atoms with E-state index in [-0.39, 0.29) is 24.2 Å². The Kier molecular flexibility index (Phi) is 3.27. The van der Waals surface area contributed by atoms with Gasteiger partial charge in [0.15, 0.2) is 0 Å². The molecule has 2 heterocycles. The normalized spacial score (nSPS) is 22.1. The predicted octanol–water partition coefficient (Wildman–Crippen LogP) is 2.08. The summed E-state index contributed by atoms with van der Waals surface area (Å²) >= 11 is 0. The van der Waals surface area contributed by atoms with E-state index in [0.29, 0.717) is 13.2 Å². The molecule has 4 nitrogen and oxygen atoms in total. The van der Waals surface area contributed by atoms with E-state index in [2.05, 4.69) is 11.4 Å². The first-order valence-corrected chi connectivity index (χ1v) is 6.29. The number of fused-ring (bicyclic) bond motifs is 3. The lowest BCUT2D eigenvalue weighted by Gasteiger charge is -2.18. The summed E-state index contributed by atoms with van der Waals surface area (Å²) in [7, 11) is 0. The summed E-state index contributed by atoms with van der Waals surface area (Å²) in [5.74, 6) is 1.15. The molecule has 0 saturated carbocycles. The van der Waals surface area contributed by atoms with E-state index in [0.717, 1.165) is 28.1 Å². The van der Waals surface area contributed by atoms with Crippen LogP contribution in [0.3, 0.4) is 0 Å². The third-order valence-corrected chi connectivity index (χ3v) is 4.09. The number of anilines is 1. The van der Waals surface area contributed by atoms with Crippen molar-refractivity contribution < 1.29 is 9.53 Å². The fourth-order valence-electron chi connectivity index (χ4n) is 2.89. The van der Waals surface area contributed by atoms with Gasteiger partial charge in [0.2, 0.25) is 5.91 Å². The Morgan fingerprint density at radius 3 is 2.84 bits per heavy atom. The summed E-state index contributed by atoms with van der Waals surface area (Å²) in [6, 6.07) is 2.10. The Bertz CT molecular complexity index is 555. The molecule has 0 spiro atoms. The summed E-state index contributed by atoms with van der Waals surface area (Å²) in [5.41, 5.74) is 9.40. The molecule has 0 aromatic heterocycles. The molecule has 2 aliphatic rings. The molecule has 1 atom stereocenters. The molecule has 1 aromatic carbocycles. The zero-order valence-corrected chi connectivity index (χ0v) is 12.2. The Hall–Kier alpha value is -1.26. The number of amides is 1. The lowest BCUT2D eigenvalue weighted by Crippen LogP contribution is -2.27. The Morgan fingerprint density at radius 2 is 2.21 bits per heavy atom. The molecule has 0 bridgehead atoms. The second-order valence-corrected chi connectivity index (χ2v) is 5.68. The second kappa shape index (κ2) is 4.39. The highest BCUT2D eigenvalue weighted by molar-refractivity contribution is 6.07. The standard InChI is InChI=1S/C14H18N2O2.ClH/c1-7-4-9-8(5-15)6-18-12(9)10-11(7)16-13(17)14(10,2)3;/h4,8H,5-6,15H2,1-3H3,(H,16,17);1H. The van der Waals surface area contributed by atoms with E-state index in [9.17, 15) is 4.79 Å². The molecule has 0 radical (unpaired) electrons. The molecule has 1 aromatic rings. The van der Waals surface area contributed by atoms with Gasteiger partial charge in [0.1, 0.15) is 5.75 Å². The van der Waals surface area contributed by atoms with E-state index in [1.54, 1.807) is 0 Å². The van der Waals surface area contributed by atoms with Gasteiger partial charge in [-0.2, -0.15) is 0 Å². The van der Waals surface area contributed by atoms with E-state index < -0.39 is 5.41 Å². The number of benzene rings is 1. The van der Waals surface area contributed by atoms with Gasteiger partial charge in [0.05, 0.1) is 17.7 Å². The number of nitrogens with two attached hydrogens (primary N) is 1. The van der Waals surface area contributed by atoms with E-state index in [1.807, 2.05) is 20.8 Å². The lowest BCUT2D eigenvalue weighted by atomic mass is 9.82. The summed E-state index contributed by atoms with van der Waals surface area (Å²) in [5, 5.41) is 2.97. The van der Waals surface area contributed by atoms with Gasteiger partial charge >= 0.3 is 0 Å². The van der Waals surface area contributed by atoms with Crippen LogP contribution in [0.25, 0.3) is 0 Å². The Balaban J connectivity index is 0.00000133. The Morgan fingerprint density at radius 1 is 1.53 bits per heavy atom. The molecule has 3 N–H and O–H groups in total. The molecule has 1 amide bonds. The molecular formula is C14H19ClN2O2. The van der Waals surface area contributed by atoms with Gasteiger partial charge in [-0.05, 0) is 32.4 Å². The minimum absolute atomic E-state index is 0. The van der Waals surface area contributed by atoms with Gasteiger partial charge in [0.25, 0.3) is 0 Å². The van der Waals surface area contributed by atoms with Gasteiger partial charge < -0.3 is 15.8 Å². The summed E-state index contributed by atoms with van der Waals surface area (Å²) in [6.45, 7) is 7.09. The number of rotatable bonds is 1. The van der Waals surface area contributed by atoms with Crippen molar-refractivity contribution in [3.8, 4) is 5.75 Å². The van der Waals surface area contributed by atoms with Crippen LogP contribution in [0.1, 0.15) is 36.5 Å². The van der Waals surface area contributed by atoms with Crippen molar-refractivity contribution in [2.24, 2.45) is 5.73 Å². The largest absolute Gasteiger partial charge is 0.492 e.